The Morgan fingerprint density at radius 2 is 1.17 bits per heavy atom. The van der Waals surface area contributed by atoms with E-state index < -0.39 is 0 Å². The van der Waals surface area contributed by atoms with Gasteiger partial charge in [0.25, 0.3) is 0 Å². The maximum Gasteiger partial charge on any atom is 0 e. The van der Waals surface area contributed by atoms with Gasteiger partial charge >= 0.3 is 84.0 Å². The first-order valence-corrected chi connectivity index (χ1v) is 12.5. The van der Waals surface area contributed by atoms with Crippen molar-refractivity contribution in [1.29, 1.82) is 0 Å². The van der Waals surface area contributed by atoms with Crippen LogP contribution in [-0.4, -0.2) is 84.0 Å². The van der Waals surface area contributed by atoms with E-state index in [0.29, 0.717) is 0 Å². The monoisotopic (exact) mass is 587 g/mol. The maximum atomic E-state index is 2.10. The summed E-state index contributed by atoms with van der Waals surface area (Å²) in [6.07, 6.45) is 0. The van der Waals surface area contributed by atoms with E-state index in [4.69, 9.17) is 0 Å². The van der Waals surface area contributed by atoms with Crippen LogP contribution in [0.2, 0.25) is 0 Å². The molecule has 0 atom stereocenters. The Hall–Kier alpha value is 4.03. The summed E-state index contributed by atoms with van der Waals surface area (Å²) in [5, 5.41) is 0. The second-order valence-electron chi connectivity index (χ2n) is 0.115. The molecule has 0 aromatic heterocycles. The fourth-order valence-electron chi connectivity index (χ4n) is 0. The summed E-state index contributed by atoms with van der Waals surface area (Å²) in [6.45, 7) is 0. The molecule has 0 spiro atoms. The third kappa shape index (κ3) is 24.4. The molecule has 0 saturated carbocycles. The Bertz CT molecular complexity index is 21.5. The van der Waals surface area contributed by atoms with E-state index in [1.807, 2.05) is 0 Å². The van der Waals surface area contributed by atoms with E-state index in [2.05, 4.69) is 1.90 Å². The van der Waals surface area contributed by atoms with Gasteiger partial charge in [0.05, 0.1) is 0 Å². The topological polar surface area (TPSA) is 0 Å². The van der Waals surface area contributed by atoms with Crippen molar-refractivity contribution in [1.82, 2.24) is 0 Å². The fraction of sp³-hybridized carbons (Fsp3) is 0. The summed E-state index contributed by atoms with van der Waals surface area (Å²) in [5.41, 5.74) is 0. The van der Waals surface area contributed by atoms with Gasteiger partial charge in [-0.1, -0.05) is 0 Å². The van der Waals surface area contributed by atoms with Gasteiger partial charge in [-0.15, -0.1) is 0 Å². The molecule has 0 heterocycles. The molecule has 0 aromatic rings. The zero-order valence-electron chi connectivity index (χ0n) is 2.87. The molecule has 0 fully saturated rings. The molecule has 0 unspecified atom stereocenters. The van der Waals surface area contributed by atoms with Crippen LogP contribution in [0.1, 0.15) is 0 Å². The molecule has 0 aliphatic rings. The largest absolute Gasteiger partial charge is 0 e. The molecule has 0 bridgehead atoms. The van der Waals surface area contributed by atoms with Crippen molar-refractivity contribution >= 4 is 84.0 Å². The molecule has 0 nitrogen and oxygen atoms in total. The van der Waals surface area contributed by atoms with Crippen molar-refractivity contribution in [3.63, 3.8) is 0 Å². The van der Waals surface area contributed by atoms with Gasteiger partial charge in [-0.05, 0) is 0 Å². The van der Waals surface area contributed by atoms with E-state index in [-0.39, 0.29) is 26.2 Å². The molecule has 29 valence electrons. The molecule has 5 radical (unpaired) electrons. The molecule has 0 aliphatic heterocycles. The number of hydrogen-bond acceptors (Lipinski definition) is 0. The zero-order chi connectivity index (χ0) is 4.71. The van der Waals surface area contributed by atoms with Gasteiger partial charge in [-0.3, -0.25) is 0 Å². The van der Waals surface area contributed by atoms with Gasteiger partial charge in [0.15, 0.2) is 0 Å². The normalized spacial score (nSPS) is 2.83. The van der Waals surface area contributed by atoms with E-state index in [0.717, 1.165) is 0 Å². The summed E-state index contributed by atoms with van der Waals surface area (Å²) < 4.78 is 2.10. The minimum atomic E-state index is 0. The first-order chi connectivity index (χ1) is 2.41. The van der Waals surface area contributed by atoms with Crippen LogP contribution < -0.4 is 0 Å². The van der Waals surface area contributed by atoms with Gasteiger partial charge in [0, 0.05) is 26.2 Å². The van der Waals surface area contributed by atoms with Crippen LogP contribution in [0.25, 0.3) is 0 Å². The van der Waals surface area contributed by atoms with Crippen molar-refractivity contribution in [3.05, 3.63) is 0 Å². The number of rotatable bonds is 0. The SMILES string of the molecule is [Sb]=[Sb].[Sb][CH]=[Sb].[Zr]. The third-order valence-corrected chi connectivity index (χ3v) is 0. The predicted molar refractivity (Wildman–Crippen MR) is 29.1 cm³/mol. The van der Waals surface area contributed by atoms with Crippen LogP contribution in [0.4, 0.5) is 0 Å². The van der Waals surface area contributed by atoms with Gasteiger partial charge < -0.3 is 0 Å². The molecule has 0 rings (SSSR count). The minimum Gasteiger partial charge on any atom is 0 e. The van der Waals surface area contributed by atoms with Gasteiger partial charge in [-0.2, -0.15) is 0 Å². The van der Waals surface area contributed by atoms with E-state index in [1.54, 1.807) is 82.1 Å². The second kappa shape index (κ2) is 23.0. The van der Waals surface area contributed by atoms with Crippen LogP contribution in [0.5, 0.6) is 0 Å². The molecular weight excluding hydrogens is 590 g/mol. The Morgan fingerprint density at radius 3 is 1.17 bits per heavy atom. The minimum absolute atomic E-state index is 0. The fourth-order valence-corrected chi connectivity index (χ4v) is 0. The van der Waals surface area contributed by atoms with Crippen LogP contribution in [0.15, 0.2) is 0 Å². The third-order valence-electron chi connectivity index (χ3n) is 0. The summed E-state index contributed by atoms with van der Waals surface area (Å²) >= 11 is 7.10. The first kappa shape index (κ1) is 16.5. The number of hydrogen-bond donors (Lipinski definition) is 0. The van der Waals surface area contributed by atoms with Crippen LogP contribution >= 0.6 is 0 Å². The Balaban J connectivity index is -0.0000000275. The van der Waals surface area contributed by atoms with Crippen molar-refractivity contribution in [3.8, 4) is 0 Å². The van der Waals surface area contributed by atoms with Gasteiger partial charge in [0.2, 0.25) is 0 Å². The van der Waals surface area contributed by atoms with Crippen LogP contribution in [0, 0.1) is 0 Å². The predicted octanol–water partition coefficient (Wildman–Crippen LogP) is -1.68. The van der Waals surface area contributed by atoms with Gasteiger partial charge in [0.1, 0.15) is 0 Å². The Labute approximate surface area is 107 Å². The smallest absolute Gasteiger partial charge is 0 e. The molecule has 5 heteroatoms. The zero-order valence-corrected chi connectivity index (χ0v) is 15.5. The van der Waals surface area contributed by atoms with Crippen molar-refractivity contribution in [2.75, 3.05) is 0 Å². The molecule has 0 amide bonds. The van der Waals surface area contributed by atoms with E-state index >= 15 is 0 Å². The average molecular weight is 591 g/mol. The van der Waals surface area contributed by atoms with Crippen LogP contribution in [0.3, 0.4) is 0 Å². The van der Waals surface area contributed by atoms with E-state index in [9.17, 15) is 0 Å². The molecular formula is CHSb4Zr. The van der Waals surface area contributed by atoms with Crippen molar-refractivity contribution < 1.29 is 26.2 Å². The Kier molecular flexibility index (Phi) is 63.5. The molecule has 0 N–H and O–H groups in total. The standard InChI is InChI=1S/CH.4Sb.Zr/h1H;;;;;. The second-order valence-corrected chi connectivity index (χ2v) is 5.20. The summed E-state index contributed by atoms with van der Waals surface area (Å²) in [4.78, 5) is 0. The quantitative estimate of drug-likeness (QED) is 0.296. The van der Waals surface area contributed by atoms with Crippen LogP contribution in [-0.2, 0) is 26.2 Å². The van der Waals surface area contributed by atoms with Crippen molar-refractivity contribution in [2.45, 2.75) is 0 Å². The van der Waals surface area contributed by atoms with Crippen molar-refractivity contribution in [2.24, 2.45) is 0 Å². The molecule has 0 aliphatic carbocycles. The summed E-state index contributed by atoms with van der Waals surface area (Å²) in [6, 6.07) is 0. The molecule has 6 heavy (non-hydrogen) atoms. The summed E-state index contributed by atoms with van der Waals surface area (Å²) in [5.74, 6) is 0. The molecule has 0 aromatic carbocycles. The average Bonchev–Trinajstić information content (AvgIpc) is 1.46. The maximum absolute atomic E-state index is 2.10. The first-order valence-electron chi connectivity index (χ1n) is 0.716. The Morgan fingerprint density at radius 1 is 1.17 bits per heavy atom. The van der Waals surface area contributed by atoms with Gasteiger partial charge in [-0.25, -0.2) is 0 Å². The van der Waals surface area contributed by atoms with E-state index in [1.165, 1.54) is 0 Å². The molecule has 0 saturated heterocycles. The summed E-state index contributed by atoms with van der Waals surface area (Å²) in [7, 11) is 0.